The first-order chi connectivity index (χ1) is 7.12. The van der Waals surface area contributed by atoms with Crippen molar-refractivity contribution in [2.24, 2.45) is 5.41 Å². The summed E-state index contributed by atoms with van der Waals surface area (Å²) in [4.78, 5) is 0. The number of alkyl halides is 3. The van der Waals surface area contributed by atoms with Gasteiger partial charge in [0.2, 0.25) is 0 Å². The van der Waals surface area contributed by atoms with E-state index in [4.69, 9.17) is 0 Å². The summed E-state index contributed by atoms with van der Waals surface area (Å²) in [6, 6.07) is 0. The summed E-state index contributed by atoms with van der Waals surface area (Å²) in [6.45, 7) is 4.14. The third-order valence-electron chi connectivity index (χ3n) is 3.41. The van der Waals surface area contributed by atoms with E-state index in [1.54, 1.807) is 0 Å². The minimum atomic E-state index is -4.10. The summed E-state index contributed by atoms with van der Waals surface area (Å²) in [5.74, 6) is 0. The van der Waals surface area contributed by atoms with E-state index in [0.29, 0.717) is 12.8 Å². The van der Waals surface area contributed by atoms with Crippen molar-refractivity contribution < 1.29 is 18.3 Å². The highest BCUT2D eigenvalue weighted by atomic mass is 19.4. The summed E-state index contributed by atoms with van der Waals surface area (Å²) >= 11 is 0. The van der Waals surface area contributed by atoms with E-state index in [0.717, 1.165) is 12.8 Å². The van der Waals surface area contributed by atoms with E-state index in [1.807, 2.05) is 0 Å². The Morgan fingerprint density at radius 1 is 1.19 bits per heavy atom. The van der Waals surface area contributed by atoms with E-state index in [9.17, 15) is 18.3 Å². The third kappa shape index (κ3) is 4.73. The Morgan fingerprint density at radius 3 is 2.31 bits per heavy atom. The minimum Gasteiger partial charge on any atom is -0.390 e. The van der Waals surface area contributed by atoms with Crippen LogP contribution >= 0.6 is 0 Å². The van der Waals surface area contributed by atoms with Crippen molar-refractivity contribution in [3.8, 4) is 0 Å². The predicted molar refractivity (Wildman–Crippen MR) is 57.1 cm³/mol. The highest BCUT2D eigenvalue weighted by molar-refractivity contribution is 4.90. The summed E-state index contributed by atoms with van der Waals surface area (Å²) in [6.07, 6.45) is -1.33. The first-order valence-electron chi connectivity index (χ1n) is 5.91. The molecule has 0 aromatic rings. The zero-order chi connectivity index (χ0) is 12.4. The summed E-state index contributed by atoms with van der Waals surface area (Å²) in [5, 5.41) is 10.2. The smallest absolute Gasteiger partial charge is 0.389 e. The van der Waals surface area contributed by atoms with Gasteiger partial charge in [-0.15, -0.1) is 0 Å². The number of aliphatic hydroxyl groups is 1. The molecule has 0 radical (unpaired) electrons. The van der Waals surface area contributed by atoms with Gasteiger partial charge in [-0.3, -0.25) is 0 Å². The van der Waals surface area contributed by atoms with Crippen LogP contribution in [0.5, 0.6) is 0 Å². The van der Waals surface area contributed by atoms with Gasteiger partial charge < -0.3 is 5.11 Å². The zero-order valence-corrected chi connectivity index (χ0v) is 10.0. The van der Waals surface area contributed by atoms with E-state index >= 15 is 0 Å². The van der Waals surface area contributed by atoms with Crippen LogP contribution in [0.2, 0.25) is 0 Å². The maximum Gasteiger partial charge on any atom is 0.389 e. The van der Waals surface area contributed by atoms with Gasteiger partial charge in [-0.1, -0.05) is 20.3 Å². The van der Waals surface area contributed by atoms with E-state index < -0.39 is 18.2 Å². The molecule has 0 amide bonds. The van der Waals surface area contributed by atoms with Gasteiger partial charge in [-0.2, -0.15) is 13.2 Å². The lowest BCUT2D eigenvalue weighted by Gasteiger charge is -2.41. The normalized spacial score (nSPS) is 30.4. The summed E-state index contributed by atoms with van der Waals surface area (Å²) in [5.41, 5.74) is -0.807. The summed E-state index contributed by atoms with van der Waals surface area (Å²) in [7, 11) is 0. The topological polar surface area (TPSA) is 20.2 Å². The van der Waals surface area contributed by atoms with Crippen LogP contribution < -0.4 is 0 Å². The van der Waals surface area contributed by atoms with Crippen molar-refractivity contribution in [3.05, 3.63) is 0 Å². The van der Waals surface area contributed by atoms with Crippen LogP contribution in [0.15, 0.2) is 0 Å². The maximum atomic E-state index is 12.0. The van der Waals surface area contributed by atoms with Crippen LogP contribution in [0.1, 0.15) is 58.8 Å². The molecule has 1 nitrogen and oxygen atoms in total. The van der Waals surface area contributed by atoms with Crippen molar-refractivity contribution in [1.82, 2.24) is 0 Å². The van der Waals surface area contributed by atoms with Crippen molar-refractivity contribution in [1.29, 1.82) is 0 Å². The first kappa shape index (κ1) is 13.8. The molecule has 0 bridgehead atoms. The van der Waals surface area contributed by atoms with Crippen molar-refractivity contribution in [2.75, 3.05) is 0 Å². The fraction of sp³-hybridized carbons (Fsp3) is 1.00. The van der Waals surface area contributed by atoms with E-state index in [1.165, 1.54) is 0 Å². The number of halogens is 3. The van der Waals surface area contributed by atoms with Gasteiger partial charge in [0.25, 0.3) is 0 Å². The SMILES string of the molecule is CC1(C)CCCC(O)(CCCC(F)(F)F)C1. The second-order valence-corrected chi connectivity index (χ2v) is 5.89. The fourth-order valence-corrected chi connectivity index (χ4v) is 2.79. The molecular formula is C12H21F3O. The highest BCUT2D eigenvalue weighted by Crippen LogP contribution is 2.43. The average Bonchev–Trinajstić information content (AvgIpc) is 1.97. The molecule has 16 heavy (non-hydrogen) atoms. The number of rotatable bonds is 3. The van der Waals surface area contributed by atoms with Crippen LogP contribution in [0.4, 0.5) is 13.2 Å². The zero-order valence-electron chi connectivity index (χ0n) is 10.0. The molecule has 1 fully saturated rings. The molecule has 0 saturated heterocycles. The molecule has 1 saturated carbocycles. The van der Waals surface area contributed by atoms with E-state index in [-0.39, 0.29) is 18.3 Å². The highest BCUT2D eigenvalue weighted by Gasteiger charge is 2.38. The van der Waals surface area contributed by atoms with Gasteiger partial charge in [0.05, 0.1) is 5.60 Å². The van der Waals surface area contributed by atoms with Crippen molar-refractivity contribution >= 4 is 0 Å². The van der Waals surface area contributed by atoms with Crippen LogP contribution in [0, 0.1) is 5.41 Å². The molecule has 96 valence electrons. The van der Waals surface area contributed by atoms with Gasteiger partial charge in [0.15, 0.2) is 0 Å². The predicted octanol–water partition coefficient (Wildman–Crippen LogP) is 4.05. The molecule has 0 aliphatic heterocycles. The third-order valence-corrected chi connectivity index (χ3v) is 3.41. The molecule has 0 heterocycles. The molecule has 1 aliphatic rings. The Morgan fingerprint density at radius 2 is 1.81 bits per heavy atom. The monoisotopic (exact) mass is 238 g/mol. The van der Waals surface area contributed by atoms with Crippen LogP contribution in [0.3, 0.4) is 0 Å². The molecule has 1 atom stereocenters. The number of hydrogen-bond donors (Lipinski definition) is 1. The van der Waals surface area contributed by atoms with Crippen LogP contribution in [-0.4, -0.2) is 16.9 Å². The van der Waals surface area contributed by atoms with Gasteiger partial charge in [-0.05, 0) is 37.5 Å². The Bertz CT molecular complexity index is 235. The lowest BCUT2D eigenvalue weighted by atomic mass is 9.68. The minimum absolute atomic E-state index is 0.0378. The maximum absolute atomic E-state index is 12.0. The van der Waals surface area contributed by atoms with Gasteiger partial charge in [0.1, 0.15) is 0 Å². The Labute approximate surface area is 95.0 Å². The van der Waals surface area contributed by atoms with Crippen molar-refractivity contribution in [2.45, 2.75) is 70.6 Å². The molecule has 1 N–H and O–H groups in total. The second-order valence-electron chi connectivity index (χ2n) is 5.89. The lowest BCUT2D eigenvalue weighted by molar-refractivity contribution is -0.139. The molecule has 1 aliphatic carbocycles. The van der Waals surface area contributed by atoms with Crippen LogP contribution in [-0.2, 0) is 0 Å². The lowest BCUT2D eigenvalue weighted by Crippen LogP contribution is -2.39. The largest absolute Gasteiger partial charge is 0.390 e. The Kier molecular flexibility index (Phi) is 3.93. The average molecular weight is 238 g/mol. The standard InChI is InChI=1S/C12H21F3O/c1-10(2)5-3-6-11(16,9-10)7-4-8-12(13,14)15/h16H,3-9H2,1-2H3. The summed E-state index contributed by atoms with van der Waals surface area (Å²) < 4.78 is 36.0. The molecule has 0 spiro atoms. The van der Waals surface area contributed by atoms with Crippen molar-refractivity contribution in [3.63, 3.8) is 0 Å². The number of hydrogen-bond acceptors (Lipinski definition) is 1. The molecule has 0 aromatic carbocycles. The molecule has 4 heteroatoms. The molecule has 1 unspecified atom stereocenters. The van der Waals surface area contributed by atoms with Crippen LogP contribution in [0.25, 0.3) is 0 Å². The molecule has 1 rings (SSSR count). The second kappa shape index (κ2) is 4.55. The van der Waals surface area contributed by atoms with Gasteiger partial charge in [0, 0.05) is 6.42 Å². The molecule has 0 aromatic heterocycles. The molecular weight excluding hydrogens is 217 g/mol. The Hall–Kier alpha value is -0.250. The van der Waals surface area contributed by atoms with E-state index in [2.05, 4.69) is 13.8 Å². The fourth-order valence-electron chi connectivity index (χ4n) is 2.79. The Balaban J connectivity index is 2.40. The first-order valence-corrected chi connectivity index (χ1v) is 5.91. The van der Waals surface area contributed by atoms with Gasteiger partial charge >= 0.3 is 6.18 Å². The van der Waals surface area contributed by atoms with Gasteiger partial charge in [-0.25, -0.2) is 0 Å². The quantitative estimate of drug-likeness (QED) is 0.786.